The van der Waals surface area contributed by atoms with Gasteiger partial charge in [-0.25, -0.2) is 4.98 Å². The number of fused-ring (bicyclic) bond motifs is 1. The fourth-order valence-corrected chi connectivity index (χ4v) is 3.20. The highest BCUT2D eigenvalue weighted by atomic mass is 79.9. The van der Waals surface area contributed by atoms with Crippen LogP contribution in [0.15, 0.2) is 71.5 Å². The van der Waals surface area contributed by atoms with E-state index in [-0.39, 0.29) is 5.91 Å². The molecule has 0 bridgehead atoms. The van der Waals surface area contributed by atoms with Gasteiger partial charge in [-0.2, -0.15) is 0 Å². The van der Waals surface area contributed by atoms with Gasteiger partial charge in [-0.15, -0.1) is 0 Å². The molecule has 0 atom stereocenters. The fourth-order valence-electron chi connectivity index (χ4n) is 2.93. The summed E-state index contributed by atoms with van der Waals surface area (Å²) < 4.78 is 2.95. The van der Waals surface area contributed by atoms with Crippen molar-refractivity contribution in [1.29, 1.82) is 0 Å². The lowest BCUT2D eigenvalue weighted by Gasteiger charge is -2.10. The van der Waals surface area contributed by atoms with Crippen molar-refractivity contribution in [2.45, 2.75) is 13.8 Å². The quantitative estimate of drug-likeness (QED) is 0.467. The van der Waals surface area contributed by atoms with E-state index >= 15 is 0 Å². The molecule has 0 unspecified atom stereocenters. The van der Waals surface area contributed by atoms with E-state index in [2.05, 4.69) is 34.2 Å². The number of nitrogens with one attached hydrogen (secondary N) is 1. The third-order valence-electron chi connectivity index (χ3n) is 4.50. The number of benzene rings is 2. The number of hydrogen-bond acceptors (Lipinski definition) is 2. The first-order valence-electron chi connectivity index (χ1n) is 8.63. The van der Waals surface area contributed by atoms with Gasteiger partial charge in [0.15, 0.2) is 0 Å². The zero-order valence-electron chi connectivity index (χ0n) is 15.0. The smallest absolute Gasteiger partial charge is 0.255 e. The number of hydrogen-bond donors (Lipinski definition) is 1. The molecule has 5 heteroatoms. The van der Waals surface area contributed by atoms with E-state index in [9.17, 15) is 4.79 Å². The zero-order valence-corrected chi connectivity index (χ0v) is 16.6. The van der Waals surface area contributed by atoms with E-state index < -0.39 is 0 Å². The summed E-state index contributed by atoms with van der Waals surface area (Å²) in [5, 5.41) is 3.01. The number of amides is 1. The van der Waals surface area contributed by atoms with Gasteiger partial charge in [0.05, 0.1) is 5.69 Å². The number of carbonyl (C=O) groups excluding carboxylic acids is 1. The highest BCUT2D eigenvalue weighted by Crippen LogP contribution is 2.26. The average Bonchev–Trinajstić information content (AvgIpc) is 3.07. The first-order chi connectivity index (χ1) is 13.0. The third kappa shape index (κ3) is 3.64. The summed E-state index contributed by atoms with van der Waals surface area (Å²) in [7, 11) is 0. The number of anilines is 1. The lowest BCUT2D eigenvalue weighted by molar-refractivity contribution is 0.102. The van der Waals surface area contributed by atoms with Crippen LogP contribution in [0.1, 0.15) is 21.5 Å². The number of imidazole rings is 1. The van der Waals surface area contributed by atoms with Gasteiger partial charge in [0.1, 0.15) is 5.65 Å². The van der Waals surface area contributed by atoms with Crippen LogP contribution in [0.5, 0.6) is 0 Å². The summed E-state index contributed by atoms with van der Waals surface area (Å²) in [4.78, 5) is 17.3. The molecule has 2 heterocycles. The Morgan fingerprint density at radius 1 is 1.04 bits per heavy atom. The van der Waals surface area contributed by atoms with Gasteiger partial charge < -0.3 is 9.72 Å². The number of aromatic nitrogens is 2. The Balaban J connectivity index is 1.66. The summed E-state index contributed by atoms with van der Waals surface area (Å²) in [5.41, 5.74) is 6.33. The number of halogens is 1. The van der Waals surface area contributed by atoms with Crippen molar-refractivity contribution in [2.75, 3.05) is 5.32 Å². The predicted octanol–water partition coefficient (Wildman–Crippen LogP) is 5.63. The summed E-state index contributed by atoms with van der Waals surface area (Å²) in [6.07, 6.45) is 4.01. The van der Waals surface area contributed by atoms with Crippen molar-refractivity contribution in [3.63, 3.8) is 0 Å². The van der Waals surface area contributed by atoms with Gasteiger partial charge >= 0.3 is 0 Å². The van der Waals surface area contributed by atoms with E-state index in [1.165, 1.54) is 5.56 Å². The molecule has 134 valence electrons. The molecule has 0 radical (unpaired) electrons. The van der Waals surface area contributed by atoms with Crippen molar-refractivity contribution >= 4 is 33.2 Å². The lowest BCUT2D eigenvalue weighted by atomic mass is 10.1. The summed E-state index contributed by atoms with van der Waals surface area (Å²) >= 11 is 3.39. The largest absolute Gasteiger partial charge is 0.322 e. The molecule has 1 N–H and O–H groups in total. The van der Waals surface area contributed by atoms with Crippen molar-refractivity contribution in [3.05, 3.63) is 88.2 Å². The van der Waals surface area contributed by atoms with E-state index in [1.54, 1.807) is 12.1 Å². The minimum Gasteiger partial charge on any atom is -0.322 e. The van der Waals surface area contributed by atoms with Gasteiger partial charge in [0.25, 0.3) is 5.91 Å². The van der Waals surface area contributed by atoms with Gasteiger partial charge in [-0.05, 0) is 67.4 Å². The lowest BCUT2D eigenvalue weighted by Crippen LogP contribution is -2.12. The molecule has 4 aromatic rings. The standard InChI is InChI=1S/C22H18BrN3O/c1-14-9-10-26-13-20(24-21(26)11-14)17-4-3-15(2)19(12-17)25-22(27)16-5-7-18(23)8-6-16/h3-13H,1-2H3,(H,25,27). The second-order valence-electron chi connectivity index (χ2n) is 6.59. The van der Waals surface area contributed by atoms with Crippen molar-refractivity contribution in [3.8, 4) is 11.3 Å². The van der Waals surface area contributed by atoms with Crippen molar-refractivity contribution < 1.29 is 4.79 Å². The van der Waals surface area contributed by atoms with Gasteiger partial charge in [0, 0.05) is 33.7 Å². The topological polar surface area (TPSA) is 46.4 Å². The van der Waals surface area contributed by atoms with E-state index in [4.69, 9.17) is 4.98 Å². The second kappa shape index (κ2) is 7.00. The molecular formula is C22H18BrN3O. The maximum Gasteiger partial charge on any atom is 0.255 e. The molecule has 2 aromatic carbocycles. The molecule has 4 nitrogen and oxygen atoms in total. The molecular weight excluding hydrogens is 402 g/mol. The van der Waals surface area contributed by atoms with Crippen LogP contribution in [-0.4, -0.2) is 15.3 Å². The van der Waals surface area contributed by atoms with Crippen LogP contribution in [0.4, 0.5) is 5.69 Å². The van der Waals surface area contributed by atoms with Crippen LogP contribution in [0, 0.1) is 13.8 Å². The Morgan fingerprint density at radius 3 is 2.59 bits per heavy atom. The summed E-state index contributed by atoms with van der Waals surface area (Å²) in [6, 6.07) is 17.4. The van der Waals surface area contributed by atoms with Gasteiger partial charge in [-0.1, -0.05) is 28.1 Å². The third-order valence-corrected chi connectivity index (χ3v) is 5.03. The number of nitrogens with zero attached hydrogens (tertiary/aromatic N) is 2. The van der Waals surface area contributed by atoms with Crippen molar-refractivity contribution in [2.24, 2.45) is 0 Å². The molecule has 0 aliphatic heterocycles. The Hall–Kier alpha value is -2.92. The maximum absolute atomic E-state index is 12.6. The Morgan fingerprint density at radius 2 is 1.81 bits per heavy atom. The van der Waals surface area contributed by atoms with Crippen LogP contribution in [0.3, 0.4) is 0 Å². The van der Waals surface area contributed by atoms with Crippen LogP contribution >= 0.6 is 15.9 Å². The first kappa shape index (κ1) is 17.5. The fraction of sp³-hybridized carbons (Fsp3) is 0.0909. The van der Waals surface area contributed by atoms with Crippen LogP contribution in [0.25, 0.3) is 16.9 Å². The summed E-state index contributed by atoms with van der Waals surface area (Å²) in [6.45, 7) is 4.03. The average molecular weight is 420 g/mol. The minimum absolute atomic E-state index is 0.131. The van der Waals surface area contributed by atoms with Crippen molar-refractivity contribution in [1.82, 2.24) is 9.38 Å². The molecule has 2 aromatic heterocycles. The van der Waals surface area contributed by atoms with E-state index in [1.807, 2.05) is 60.1 Å². The predicted molar refractivity (Wildman–Crippen MR) is 112 cm³/mol. The maximum atomic E-state index is 12.6. The molecule has 1 amide bonds. The highest BCUT2D eigenvalue weighted by molar-refractivity contribution is 9.10. The molecule has 27 heavy (non-hydrogen) atoms. The molecule has 0 fully saturated rings. The van der Waals surface area contributed by atoms with E-state index in [0.717, 1.165) is 32.6 Å². The number of carbonyl (C=O) groups is 1. The van der Waals surface area contributed by atoms with Crippen LogP contribution in [-0.2, 0) is 0 Å². The molecule has 0 saturated carbocycles. The Bertz CT molecular complexity index is 1150. The van der Waals surface area contributed by atoms with Crippen LogP contribution < -0.4 is 5.32 Å². The van der Waals surface area contributed by atoms with E-state index in [0.29, 0.717) is 5.56 Å². The Labute approximate surface area is 166 Å². The number of rotatable bonds is 3. The molecule has 0 aliphatic carbocycles. The van der Waals surface area contributed by atoms with Crippen LogP contribution in [0.2, 0.25) is 0 Å². The van der Waals surface area contributed by atoms with Gasteiger partial charge in [-0.3, -0.25) is 4.79 Å². The number of pyridine rings is 1. The zero-order chi connectivity index (χ0) is 19.0. The monoisotopic (exact) mass is 419 g/mol. The minimum atomic E-state index is -0.131. The summed E-state index contributed by atoms with van der Waals surface area (Å²) in [5.74, 6) is -0.131. The molecule has 0 saturated heterocycles. The normalized spacial score (nSPS) is 10.9. The highest BCUT2D eigenvalue weighted by Gasteiger charge is 2.11. The molecule has 4 rings (SSSR count). The number of aryl methyl sites for hydroxylation is 2. The molecule has 0 aliphatic rings. The van der Waals surface area contributed by atoms with Gasteiger partial charge in [0.2, 0.25) is 0 Å². The first-order valence-corrected chi connectivity index (χ1v) is 9.42. The molecule has 0 spiro atoms. The second-order valence-corrected chi connectivity index (χ2v) is 7.50. The Kier molecular flexibility index (Phi) is 4.54. The SMILES string of the molecule is Cc1ccn2cc(-c3ccc(C)c(NC(=O)c4ccc(Br)cc4)c3)nc2c1.